The highest BCUT2D eigenvalue weighted by atomic mass is 16.6. The summed E-state index contributed by atoms with van der Waals surface area (Å²) in [7, 11) is 0. The van der Waals surface area contributed by atoms with E-state index in [1.165, 1.54) is 0 Å². The van der Waals surface area contributed by atoms with Gasteiger partial charge in [-0.15, -0.1) is 0 Å². The summed E-state index contributed by atoms with van der Waals surface area (Å²) in [6.45, 7) is 2.71. The first-order chi connectivity index (χ1) is 8.02. The van der Waals surface area contributed by atoms with Crippen LogP contribution in [0.4, 0.5) is 0 Å². The Morgan fingerprint density at radius 3 is 2.12 bits per heavy atom. The van der Waals surface area contributed by atoms with Crippen molar-refractivity contribution in [1.82, 2.24) is 0 Å². The van der Waals surface area contributed by atoms with Crippen molar-refractivity contribution in [2.75, 3.05) is 19.8 Å². The fourth-order valence-corrected chi connectivity index (χ4v) is 0.760. The van der Waals surface area contributed by atoms with Crippen LogP contribution in [-0.4, -0.2) is 42.8 Å². The van der Waals surface area contributed by atoms with Gasteiger partial charge >= 0.3 is 17.9 Å². The number of carboxylic acid groups (broad SMARTS) is 1. The van der Waals surface area contributed by atoms with Gasteiger partial charge in [0, 0.05) is 0 Å². The van der Waals surface area contributed by atoms with Crippen molar-refractivity contribution in [3.8, 4) is 0 Å². The van der Waals surface area contributed by atoms with Crippen LogP contribution in [0.5, 0.6) is 0 Å². The molecule has 0 aromatic rings. The van der Waals surface area contributed by atoms with Crippen LogP contribution >= 0.6 is 0 Å². The normalized spacial score (nSPS) is 10.6. The van der Waals surface area contributed by atoms with E-state index < -0.39 is 30.1 Å². The van der Waals surface area contributed by atoms with E-state index in [4.69, 9.17) is 9.84 Å². The second kappa shape index (κ2) is 8.14. The molecule has 0 rings (SSSR count). The van der Waals surface area contributed by atoms with Crippen LogP contribution in [0.25, 0.3) is 0 Å². The van der Waals surface area contributed by atoms with Crippen LogP contribution in [0, 0.1) is 0 Å². The van der Waals surface area contributed by atoms with Gasteiger partial charge in [-0.05, 0) is 13.8 Å². The van der Waals surface area contributed by atoms with Crippen LogP contribution in [-0.2, 0) is 28.6 Å². The standard InChI is InChI=1S/C10H14O7/c1-3-15-5-7(9(13)16-4-2)10(14)17-6-8(11)12/h5H,3-4,6H2,1-2H3,(H,11,12)/b7-5+. The van der Waals surface area contributed by atoms with Crippen molar-refractivity contribution in [3.63, 3.8) is 0 Å². The average Bonchev–Trinajstić information content (AvgIpc) is 2.27. The number of esters is 2. The Bertz CT molecular complexity index is 319. The lowest BCUT2D eigenvalue weighted by molar-refractivity contribution is -0.155. The first-order valence-electron chi connectivity index (χ1n) is 4.90. The summed E-state index contributed by atoms with van der Waals surface area (Å²) >= 11 is 0. The summed E-state index contributed by atoms with van der Waals surface area (Å²) < 4.78 is 13.7. The molecule has 0 atom stereocenters. The molecule has 1 N–H and O–H groups in total. The molecule has 0 spiro atoms. The quantitative estimate of drug-likeness (QED) is 0.223. The van der Waals surface area contributed by atoms with Crippen LogP contribution in [0.1, 0.15) is 13.8 Å². The largest absolute Gasteiger partial charge is 0.500 e. The Morgan fingerprint density at radius 2 is 1.65 bits per heavy atom. The number of hydrogen-bond donors (Lipinski definition) is 1. The van der Waals surface area contributed by atoms with Gasteiger partial charge in [-0.2, -0.15) is 0 Å². The van der Waals surface area contributed by atoms with Crippen molar-refractivity contribution in [2.24, 2.45) is 0 Å². The molecule has 0 heterocycles. The first kappa shape index (κ1) is 14.9. The van der Waals surface area contributed by atoms with Crippen LogP contribution in [0.2, 0.25) is 0 Å². The number of hydrogen-bond acceptors (Lipinski definition) is 6. The Morgan fingerprint density at radius 1 is 1.06 bits per heavy atom. The molecule has 0 fully saturated rings. The maximum Gasteiger partial charge on any atom is 0.349 e. The molecule has 0 aromatic heterocycles. The van der Waals surface area contributed by atoms with E-state index in [0.717, 1.165) is 6.26 Å². The van der Waals surface area contributed by atoms with Gasteiger partial charge in [0.15, 0.2) is 12.2 Å². The molecule has 0 aliphatic rings. The number of ether oxygens (including phenoxy) is 3. The summed E-state index contributed by atoms with van der Waals surface area (Å²) in [5, 5.41) is 8.32. The third kappa shape index (κ3) is 6.18. The van der Waals surface area contributed by atoms with Gasteiger partial charge in [0.1, 0.15) is 6.26 Å². The fourth-order valence-electron chi connectivity index (χ4n) is 0.760. The molecule has 0 aromatic carbocycles. The Labute approximate surface area is 98.0 Å². The van der Waals surface area contributed by atoms with E-state index in [2.05, 4.69) is 9.47 Å². The highest BCUT2D eigenvalue weighted by Crippen LogP contribution is 2.02. The number of rotatable bonds is 7. The summed E-state index contributed by atoms with van der Waals surface area (Å²) in [5.41, 5.74) is -0.477. The summed E-state index contributed by atoms with van der Waals surface area (Å²) in [6, 6.07) is 0. The van der Waals surface area contributed by atoms with E-state index in [1.54, 1.807) is 13.8 Å². The Kier molecular flexibility index (Phi) is 7.16. The number of carbonyl (C=O) groups is 3. The topological polar surface area (TPSA) is 99.1 Å². The summed E-state index contributed by atoms with van der Waals surface area (Å²) in [6.07, 6.45) is 0.891. The molecule has 0 saturated heterocycles. The monoisotopic (exact) mass is 246 g/mol. The molecular weight excluding hydrogens is 232 g/mol. The molecule has 0 bridgehead atoms. The van der Waals surface area contributed by atoms with Gasteiger partial charge in [0.05, 0.1) is 13.2 Å². The summed E-state index contributed by atoms with van der Waals surface area (Å²) in [4.78, 5) is 32.8. The van der Waals surface area contributed by atoms with Crippen LogP contribution < -0.4 is 0 Å². The molecule has 7 heteroatoms. The molecule has 0 amide bonds. The molecule has 0 aliphatic heterocycles. The lowest BCUT2D eigenvalue weighted by Crippen LogP contribution is -2.21. The van der Waals surface area contributed by atoms with Gasteiger partial charge in [-0.1, -0.05) is 0 Å². The molecule has 17 heavy (non-hydrogen) atoms. The van der Waals surface area contributed by atoms with E-state index >= 15 is 0 Å². The third-order valence-electron chi connectivity index (χ3n) is 1.41. The van der Waals surface area contributed by atoms with Crippen molar-refractivity contribution >= 4 is 17.9 Å². The average molecular weight is 246 g/mol. The summed E-state index contributed by atoms with van der Waals surface area (Å²) in [5.74, 6) is -3.34. The predicted octanol–water partition coefficient (Wildman–Crippen LogP) is 0.0977. The van der Waals surface area contributed by atoms with E-state index in [0.29, 0.717) is 0 Å². The highest BCUT2D eigenvalue weighted by molar-refractivity contribution is 6.14. The molecular formula is C10H14O7. The van der Waals surface area contributed by atoms with Crippen LogP contribution in [0.15, 0.2) is 11.8 Å². The van der Waals surface area contributed by atoms with Crippen molar-refractivity contribution in [3.05, 3.63) is 11.8 Å². The zero-order valence-electron chi connectivity index (χ0n) is 9.60. The minimum Gasteiger partial charge on any atom is -0.500 e. The van der Waals surface area contributed by atoms with Crippen molar-refractivity contribution in [2.45, 2.75) is 13.8 Å². The lowest BCUT2D eigenvalue weighted by Gasteiger charge is -2.06. The van der Waals surface area contributed by atoms with Gasteiger partial charge in [-0.3, -0.25) is 0 Å². The van der Waals surface area contributed by atoms with Gasteiger partial charge in [0.25, 0.3) is 0 Å². The zero-order valence-corrected chi connectivity index (χ0v) is 9.60. The minimum atomic E-state index is -1.32. The molecule has 0 saturated carbocycles. The zero-order chi connectivity index (χ0) is 13.3. The molecule has 7 nitrogen and oxygen atoms in total. The van der Waals surface area contributed by atoms with Crippen LogP contribution in [0.3, 0.4) is 0 Å². The predicted molar refractivity (Wildman–Crippen MR) is 54.9 cm³/mol. The van der Waals surface area contributed by atoms with Crippen molar-refractivity contribution in [1.29, 1.82) is 0 Å². The van der Waals surface area contributed by atoms with E-state index in [9.17, 15) is 14.4 Å². The third-order valence-corrected chi connectivity index (χ3v) is 1.41. The second-order valence-corrected chi connectivity index (χ2v) is 2.68. The smallest absolute Gasteiger partial charge is 0.349 e. The number of carboxylic acids is 1. The number of carbonyl (C=O) groups excluding carboxylic acids is 2. The maximum atomic E-state index is 11.3. The number of aliphatic carboxylic acids is 1. The van der Waals surface area contributed by atoms with E-state index in [-0.39, 0.29) is 13.2 Å². The molecule has 0 unspecified atom stereocenters. The lowest BCUT2D eigenvalue weighted by atomic mass is 10.3. The van der Waals surface area contributed by atoms with Gasteiger partial charge < -0.3 is 19.3 Å². The Hall–Kier alpha value is -2.05. The minimum absolute atomic E-state index is 0.0779. The Balaban J connectivity index is 4.62. The van der Waals surface area contributed by atoms with Gasteiger partial charge in [-0.25, -0.2) is 14.4 Å². The highest BCUT2D eigenvalue weighted by Gasteiger charge is 2.22. The second-order valence-electron chi connectivity index (χ2n) is 2.68. The molecule has 0 radical (unpaired) electrons. The maximum absolute atomic E-state index is 11.3. The first-order valence-corrected chi connectivity index (χ1v) is 4.90. The van der Waals surface area contributed by atoms with Crippen molar-refractivity contribution < 1.29 is 33.7 Å². The molecule has 0 aliphatic carbocycles. The SMILES string of the molecule is CCO/C=C(\C(=O)OCC)C(=O)OCC(=O)O. The fraction of sp³-hybridized carbons (Fsp3) is 0.500. The molecule has 96 valence electrons. The van der Waals surface area contributed by atoms with E-state index in [1.807, 2.05) is 0 Å². The van der Waals surface area contributed by atoms with Gasteiger partial charge in [0.2, 0.25) is 0 Å².